The van der Waals surface area contributed by atoms with Gasteiger partial charge in [0.15, 0.2) is 0 Å². The van der Waals surface area contributed by atoms with E-state index in [-0.39, 0.29) is 12.2 Å². The Morgan fingerprint density at radius 1 is 1.27 bits per heavy atom. The first-order valence-electron chi connectivity index (χ1n) is 8.58. The molecule has 0 atom stereocenters. The summed E-state index contributed by atoms with van der Waals surface area (Å²) < 4.78 is 21.1. The van der Waals surface area contributed by atoms with Gasteiger partial charge in [0.25, 0.3) is 5.56 Å². The van der Waals surface area contributed by atoms with Crippen molar-refractivity contribution in [3.05, 3.63) is 58.5 Å². The fraction of sp³-hybridized carbons (Fsp3) is 0.300. The van der Waals surface area contributed by atoms with Gasteiger partial charge < -0.3 is 14.4 Å². The van der Waals surface area contributed by atoms with Crippen LogP contribution in [0.15, 0.2) is 41.5 Å². The van der Waals surface area contributed by atoms with Crippen LogP contribution in [0.2, 0.25) is 0 Å². The van der Waals surface area contributed by atoms with Crippen molar-refractivity contribution in [3.8, 4) is 16.9 Å². The summed E-state index contributed by atoms with van der Waals surface area (Å²) in [5.74, 6) is 0.715. The van der Waals surface area contributed by atoms with Crippen molar-refractivity contribution < 1.29 is 14.2 Å². The average molecular weight is 354 g/mol. The number of benzene rings is 1. The van der Waals surface area contributed by atoms with E-state index in [1.807, 2.05) is 0 Å². The molecule has 0 unspecified atom stereocenters. The van der Waals surface area contributed by atoms with E-state index in [0.29, 0.717) is 34.7 Å². The summed E-state index contributed by atoms with van der Waals surface area (Å²) in [4.78, 5) is 16.6. The van der Waals surface area contributed by atoms with E-state index in [9.17, 15) is 14.3 Å². The van der Waals surface area contributed by atoms with Crippen molar-refractivity contribution in [1.29, 1.82) is 0 Å². The minimum Gasteiger partial charge on any atom is -0.491 e. The molecule has 0 bridgehead atoms. The first-order valence-corrected chi connectivity index (χ1v) is 8.58. The number of aryl methyl sites for hydroxylation is 1. The summed E-state index contributed by atoms with van der Waals surface area (Å²) in [7, 11) is 1.63. The van der Waals surface area contributed by atoms with Crippen LogP contribution in [0.3, 0.4) is 0 Å². The summed E-state index contributed by atoms with van der Waals surface area (Å²) in [6.07, 6.45) is 5.64. The summed E-state index contributed by atoms with van der Waals surface area (Å²) in [6, 6.07) is 5.94. The molecule has 0 spiro atoms. The van der Waals surface area contributed by atoms with Gasteiger partial charge in [-0.3, -0.25) is 9.78 Å². The van der Waals surface area contributed by atoms with E-state index in [1.165, 1.54) is 29.5 Å². The van der Waals surface area contributed by atoms with Crippen LogP contribution in [0, 0.1) is 11.7 Å². The zero-order valence-electron chi connectivity index (χ0n) is 14.4. The topological polar surface area (TPSA) is 64.3 Å². The third-order valence-corrected chi connectivity index (χ3v) is 4.69. The van der Waals surface area contributed by atoms with Gasteiger partial charge in [0.1, 0.15) is 11.6 Å². The van der Waals surface area contributed by atoms with Crippen LogP contribution < -0.4 is 10.3 Å². The smallest absolute Gasteiger partial charge is 0.258 e. The lowest BCUT2D eigenvalue weighted by atomic mass is 10.00. The summed E-state index contributed by atoms with van der Waals surface area (Å²) in [6.45, 7) is 0.416. The van der Waals surface area contributed by atoms with Gasteiger partial charge in [-0.05, 0) is 42.3 Å². The molecule has 0 aliphatic heterocycles. The van der Waals surface area contributed by atoms with E-state index in [2.05, 4.69) is 4.98 Å². The molecule has 0 saturated heterocycles. The lowest BCUT2D eigenvalue weighted by molar-refractivity contribution is 0.275. The standard InChI is InChI=1S/C20H19FN2O3/c1-23-9-18(15-5-4-13(21)6-17(15)20(23)25)16-7-14(10-24)22-8-19(16)26-11-12-2-3-12/h4-9,12,24H,2-3,10-11H2,1H3. The van der Waals surface area contributed by atoms with Crippen molar-refractivity contribution in [2.24, 2.45) is 13.0 Å². The average Bonchev–Trinajstić information content (AvgIpc) is 3.47. The Morgan fingerprint density at radius 2 is 2.08 bits per heavy atom. The van der Waals surface area contributed by atoms with Gasteiger partial charge in [-0.15, -0.1) is 0 Å². The lowest BCUT2D eigenvalue weighted by Gasteiger charge is -2.15. The van der Waals surface area contributed by atoms with Crippen molar-refractivity contribution in [3.63, 3.8) is 0 Å². The molecule has 6 heteroatoms. The van der Waals surface area contributed by atoms with Crippen molar-refractivity contribution >= 4 is 10.8 Å². The molecule has 2 heterocycles. The van der Waals surface area contributed by atoms with Gasteiger partial charge in [-0.1, -0.05) is 6.07 Å². The van der Waals surface area contributed by atoms with Crippen LogP contribution in [-0.2, 0) is 13.7 Å². The highest BCUT2D eigenvalue weighted by Crippen LogP contribution is 2.36. The number of fused-ring (bicyclic) bond motifs is 1. The largest absolute Gasteiger partial charge is 0.491 e. The van der Waals surface area contributed by atoms with Gasteiger partial charge in [0.2, 0.25) is 0 Å². The molecule has 2 aromatic heterocycles. The molecule has 1 fully saturated rings. The number of hydrogen-bond acceptors (Lipinski definition) is 4. The third kappa shape index (κ3) is 3.08. The molecule has 1 saturated carbocycles. The lowest BCUT2D eigenvalue weighted by Crippen LogP contribution is -2.17. The minimum atomic E-state index is -0.456. The van der Waals surface area contributed by atoms with Crippen LogP contribution in [0.4, 0.5) is 4.39 Å². The van der Waals surface area contributed by atoms with Crippen LogP contribution in [0.25, 0.3) is 21.9 Å². The van der Waals surface area contributed by atoms with Crippen molar-refractivity contribution in [2.45, 2.75) is 19.4 Å². The van der Waals surface area contributed by atoms with Gasteiger partial charge in [0, 0.05) is 24.4 Å². The highest BCUT2D eigenvalue weighted by molar-refractivity contribution is 5.97. The summed E-state index contributed by atoms with van der Waals surface area (Å²) >= 11 is 0. The second-order valence-electron chi connectivity index (χ2n) is 6.73. The molecule has 1 aromatic carbocycles. The molecule has 0 radical (unpaired) electrons. The number of aliphatic hydroxyl groups excluding tert-OH is 1. The Labute approximate surface area is 149 Å². The zero-order chi connectivity index (χ0) is 18.3. The van der Waals surface area contributed by atoms with Crippen molar-refractivity contribution in [2.75, 3.05) is 6.61 Å². The Hall–Kier alpha value is -2.73. The zero-order valence-corrected chi connectivity index (χ0v) is 14.4. The number of aliphatic hydroxyl groups is 1. The Morgan fingerprint density at radius 3 is 2.81 bits per heavy atom. The van der Waals surface area contributed by atoms with E-state index >= 15 is 0 Å². The normalized spacial score (nSPS) is 14.0. The number of halogens is 1. The van der Waals surface area contributed by atoms with Crippen LogP contribution in [0.5, 0.6) is 5.75 Å². The second kappa shape index (κ2) is 6.53. The third-order valence-electron chi connectivity index (χ3n) is 4.69. The molecular formula is C20H19FN2O3. The first kappa shape index (κ1) is 16.7. The number of hydrogen-bond donors (Lipinski definition) is 1. The molecule has 26 heavy (non-hydrogen) atoms. The maximum Gasteiger partial charge on any atom is 0.258 e. The molecule has 1 aliphatic rings. The molecule has 1 aliphatic carbocycles. The Balaban J connectivity index is 1.93. The number of rotatable bonds is 5. The molecule has 1 N–H and O–H groups in total. The predicted molar refractivity (Wildman–Crippen MR) is 96.5 cm³/mol. The van der Waals surface area contributed by atoms with Gasteiger partial charge >= 0.3 is 0 Å². The number of nitrogens with zero attached hydrogens (tertiary/aromatic N) is 2. The fourth-order valence-electron chi connectivity index (χ4n) is 3.04. The van der Waals surface area contributed by atoms with E-state index in [1.54, 1.807) is 31.6 Å². The number of ether oxygens (including phenoxy) is 1. The molecule has 3 aromatic rings. The summed E-state index contributed by atoms with van der Waals surface area (Å²) in [5, 5.41) is 10.4. The number of aromatic nitrogens is 2. The predicted octanol–water partition coefficient (Wildman–Crippen LogP) is 3.02. The van der Waals surface area contributed by atoms with E-state index in [4.69, 9.17) is 4.74 Å². The minimum absolute atomic E-state index is 0.200. The Bertz CT molecular complexity index is 1040. The van der Waals surface area contributed by atoms with Crippen LogP contribution in [-0.4, -0.2) is 21.3 Å². The second-order valence-corrected chi connectivity index (χ2v) is 6.73. The molecule has 5 nitrogen and oxygen atoms in total. The molecule has 134 valence electrons. The van der Waals surface area contributed by atoms with Gasteiger partial charge in [-0.2, -0.15) is 0 Å². The fourth-order valence-corrected chi connectivity index (χ4v) is 3.04. The van der Waals surface area contributed by atoms with Gasteiger partial charge in [-0.25, -0.2) is 4.39 Å². The maximum atomic E-state index is 13.7. The highest BCUT2D eigenvalue weighted by Gasteiger charge is 2.23. The summed E-state index contributed by atoms with van der Waals surface area (Å²) in [5.41, 5.74) is 1.71. The van der Waals surface area contributed by atoms with E-state index in [0.717, 1.165) is 11.1 Å². The van der Waals surface area contributed by atoms with Crippen LogP contribution >= 0.6 is 0 Å². The maximum absolute atomic E-state index is 13.7. The van der Waals surface area contributed by atoms with E-state index < -0.39 is 5.82 Å². The monoisotopic (exact) mass is 354 g/mol. The molecule has 4 rings (SSSR count). The van der Waals surface area contributed by atoms with Crippen molar-refractivity contribution in [1.82, 2.24) is 9.55 Å². The first-order chi connectivity index (χ1) is 12.6. The quantitative estimate of drug-likeness (QED) is 0.765. The van der Waals surface area contributed by atoms with Crippen LogP contribution in [0.1, 0.15) is 18.5 Å². The SMILES string of the molecule is Cn1cc(-c2cc(CO)ncc2OCC2CC2)c2ccc(F)cc2c1=O. The highest BCUT2D eigenvalue weighted by atomic mass is 19.1. The molecule has 0 amide bonds. The number of pyridine rings is 2. The Kier molecular flexibility index (Phi) is 4.20. The molecular weight excluding hydrogens is 335 g/mol. The van der Waals surface area contributed by atoms with Gasteiger partial charge in [0.05, 0.1) is 30.5 Å².